The van der Waals surface area contributed by atoms with Crippen molar-refractivity contribution >= 4 is 5.97 Å². The van der Waals surface area contributed by atoms with Gasteiger partial charge in [-0.05, 0) is 52.4 Å². The number of ether oxygens (including phenoxy) is 1. The van der Waals surface area contributed by atoms with Crippen molar-refractivity contribution < 1.29 is 9.53 Å². The summed E-state index contributed by atoms with van der Waals surface area (Å²) >= 11 is 0. The summed E-state index contributed by atoms with van der Waals surface area (Å²) in [7, 11) is 0. The van der Waals surface area contributed by atoms with Gasteiger partial charge in [0.1, 0.15) is 5.60 Å². The van der Waals surface area contributed by atoms with Gasteiger partial charge in [-0.1, -0.05) is 6.92 Å². The third-order valence-corrected chi connectivity index (χ3v) is 2.97. The SMILES string of the molecule is CC1CCC(NCC(=O)OC(C)(C)C)CC1. The van der Waals surface area contributed by atoms with Crippen LogP contribution in [0.4, 0.5) is 0 Å². The van der Waals surface area contributed by atoms with Crippen LogP contribution in [0.2, 0.25) is 0 Å². The van der Waals surface area contributed by atoms with Crippen LogP contribution in [0.25, 0.3) is 0 Å². The van der Waals surface area contributed by atoms with Crippen LogP contribution in [0.5, 0.6) is 0 Å². The molecule has 0 aromatic rings. The maximum absolute atomic E-state index is 11.5. The fourth-order valence-electron chi connectivity index (χ4n) is 2.07. The van der Waals surface area contributed by atoms with E-state index in [1.165, 1.54) is 25.7 Å². The highest BCUT2D eigenvalue weighted by Crippen LogP contribution is 2.23. The van der Waals surface area contributed by atoms with Crippen molar-refractivity contribution in [1.82, 2.24) is 5.32 Å². The molecular weight excluding hydrogens is 202 g/mol. The Morgan fingerprint density at radius 2 is 1.81 bits per heavy atom. The minimum atomic E-state index is -0.375. The first-order valence-corrected chi connectivity index (χ1v) is 6.32. The molecule has 1 rings (SSSR count). The number of hydrogen-bond acceptors (Lipinski definition) is 3. The van der Waals surface area contributed by atoms with Gasteiger partial charge in [-0.3, -0.25) is 4.79 Å². The molecule has 1 N–H and O–H groups in total. The molecule has 0 radical (unpaired) electrons. The van der Waals surface area contributed by atoms with Crippen LogP contribution in [-0.4, -0.2) is 24.2 Å². The fraction of sp³-hybridized carbons (Fsp3) is 0.923. The second kappa shape index (κ2) is 5.67. The molecule has 1 aliphatic carbocycles. The normalized spacial score (nSPS) is 26.5. The Hall–Kier alpha value is -0.570. The summed E-state index contributed by atoms with van der Waals surface area (Å²) in [6, 6.07) is 0.503. The topological polar surface area (TPSA) is 38.3 Å². The van der Waals surface area contributed by atoms with Gasteiger partial charge >= 0.3 is 5.97 Å². The Labute approximate surface area is 98.9 Å². The Balaban J connectivity index is 2.17. The molecule has 94 valence electrons. The zero-order valence-electron chi connectivity index (χ0n) is 11.0. The zero-order valence-corrected chi connectivity index (χ0v) is 11.0. The number of nitrogens with one attached hydrogen (secondary N) is 1. The lowest BCUT2D eigenvalue weighted by Gasteiger charge is -2.27. The highest BCUT2D eigenvalue weighted by atomic mass is 16.6. The first-order valence-electron chi connectivity index (χ1n) is 6.32. The van der Waals surface area contributed by atoms with E-state index in [1.807, 2.05) is 20.8 Å². The van der Waals surface area contributed by atoms with Gasteiger partial charge in [-0.2, -0.15) is 0 Å². The van der Waals surface area contributed by atoms with E-state index in [2.05, 4.69) is 12.2 Å². The second-order valence-corrected chi connectivity index (χ2v) is 5.92. The van der Waals surface area contributed by atoms with E-state index < -0.39 is 0 Å². The second-order valence-electron chi connectivity index (χ2n) is 5.92. The van der Waals surface area contributed by atoms with Crippen molar-refractivity contribution in [1.29, 1.82) is 0 Å². The van der Waals surface area contributed by atoms with Crippen molar-refractivity contribution in [3.63, 3.8) is 0 Å². The van der Waals surface area contributed by atoms with Crippen molar-refractivity contribution in [2.45, 2.75) is 65.0 Å². The molecule has 1 aliphatic rings. The number of hydrogen-bond donors (Lipinski definition) is 1. The molecule has 0 bridgehead atoms. The lowest BCUT2D eigenvalue weighted by atomic mass is 9.87. The van der Waals surface area contributed by atoms with Crippen molar-refractivity contribution in [2.24, 2.45) is 5.92 Å². The average molecular weight is 227 g/mol. The summed E-state index contributed by atoms with van der Waals surface area (Å²) in [5, 5.41) is 3.29. The van der Waals surface area contributed by atoms with Crippen molar-refractivity contribution in [3.05, 3.63) is 0 Å². The third kappa shape index (κ3) is 5.50. The highest BCUT2D eigenvalue weighted by molar-refractivity contribution is 5.72. The minimum Gasteiger partial charge on any atom is -0.459 e. The Bertz CT molecular complexity index is 225. The molecule has 1 saturated carbocycles. The van der Waals surface area contributed by atoms with Gasteiger partial charge in [0.2, 0.25) is 0 Å². The van der Waals surface area contributed by atoms with Gasteiger partial charge in [-0.25, -0.2) is 0 Å². The molecule has 0 atom stereocenters. The van der Waals surface area contributed by atoms with E-state index in [0.717, 1.165) is 5.92 Å². The number of rotatable bonds is 3. The van der Waals surface area contributed by atoms with Crippen LogP contribution in [0.1, 0.15) is 53.4 Å². The van der Waals surface area contributed by atoms with E-state index in [0.29, 0.717) is 12.6 Å². The first kappa shape index (κ1) is 13.5. The van der Waals surface area contributed by atoms with E-state index >= 15 is 0 Å². The van der Waals surface area contributed by atoms with E-state index in [9.17, 15) is 4.79 Å². The van der Waals surface area contributed by atoms with Crippen LogP contribution in [-0.2, 0) is 9.53 Å². The molecule has 0 amide bonds. The lowest BCUT2D eigenvalue weighted by Crippen LogP contribution is -2.38. The molecule has 0 aromatic carbocycles. The van der Waals surface area contributed by atoms with Crippen LogP contribution in [0.15, 0.2) is 0 Å². The quantitative estimate of drug-likeness (QED) is 0.753. The molecular formula is C13H25NO2. The lowest BCUT2D eigenvalue weighted by molar-refractivity contribution is -0.153. The molecule has 0 saturated heterocycles. The summed E-state index contributed by atoms with van der Waals surface area (Å²) in [4.78, 5) is 11.5. The molecule has 16 heavy (non-hydrogen) atoms. The summed E-state index contributed by atoms with van der Waals surface area (Å²) in [6.45, 7) is 8.33. The van der Waals surface area contributed by atoms with Crippen LogP contribution in [0.3, 0.4) is 0 Å². The predicted octanol–water partition coefficient (Wildman–Crippen LogP) is 2.50. The number of carbonyl (C=O) groups is 1. The maximum atomic E-state index is 11.5. The van der Waals surface area contributed by atoms with Gasteiger partial charge in [0.15, 0.2) is 0 Å². The number of esters is 1. The van der Waals surface area contributed by atoms with Gasteiger partial charge in [-0.15, -0.1) is 0 Å². The predicted molar refractivity (Wildman–Crippen MR) is 65.3 cm³/mol. The van der Waals surface area contributed by atoms with Gasteiger partial charge in [0.25, 0.3) is 0 Å². The largest absolute Gasteiger partial charge is 0.459 e. The Kier molecular flexibility index (Phi) is 4.78. The molecule has 0 aromatic heterocycles. The van der Waals surface area contributed by atoms with E-state index in [-0.39, 0.29) is 11.6 Å². The number of carbonyl (C=O) groups excluding carboxylic acids is 1. The third-order valence-electron chi connectivity index (χ3n) is 2.97. The van der Waals surface area contributed by atoms with Crippen molar-refractivity contribution in [2.75, 3.05) is 6.54 Å². The minimum absolute atomic E-state index is 0.147. The van der Waals surface area contributed by atoms with Crippen molar-refractivity contribution in [3.8, 4) is 0 Å². The first-order chi connectivity index (χ1) is 7.37. The zero-order chi connectivity index (χ0) is 12.2. The van der Waals surface area contributed by atoms with Crippen LogP contribution in [0, 0.1) is 5.92 Å². The summed E-state index contributed by atoms with van der Waals surface area (Å²) < 4.78 is 5.25. The molecule has 0 spiro atoms. The van der Waals surface area contributed by atoms with E-state index in [1.54, 1.807) is 0 Å². The van der Waals surface area contributed by atoms with E-state index in [4.69, 9.17) is 4.74 Å². The standard InChI is InChI=1S/C13H25NO2/c1-10-5-7-11(8-6-10)14-9-12(15)16-13(2,3)4/h10-11,14H,5-9H2,1-4H3. The summed E-state index contributed by atoms with van der Waals surface area (Å²) in [6.07, 6.45) is 4.91. The van der Waals surface area contributed by atoms with Crippen LogP contribution >= 0.6 is 0 Å². The molecule has 1 fully saturated rings. The Morgan fingerprint density at radius 1 is 1.25 bits per heavy atom. The van der Waals surface area contributed by atoms with Gasteiger partial charge < -0.3 is 10.1 Å². The fourth-order valence-corrected chi connectivity index (χ4v) is 2.07. The van der Waals surface area contributed by atoms with Gasteiger partial charge in [0.05, 0.1) is 6.54 Å². The summed E-state index contributed by atoms with van der Waals surface area (Å²) in [5.41, 5.74) is -0.375. The Morgan fingerprint density at radius 3 is 2.31 bits per heavy atom. The average Bonchev–Trinajstić information content (AvgIpc) is 2.14. The van der Waals surface area contributed by atoms with Crippen LogP contribution < -0.4 is 5.32 Å². The summed E-state index contributed by atoms with van der Waals surface area (Å²) in [5.74, 6) is 0.700. The molecule has 0 aliphatic heterocycles. The molecule has 3 nitrogen and oxygen atoms in total. The smallest absolute Gasteiger partial charge is 0.320 e. The van der Waals surface area contributed by atoms with Gasteiger partial charge in [0, 0.05) is 6.04 Å². The molecule has 0 unspecified atom stereocenters. The monoisotopic (exact) mass is 227 g/mol. The highest BCUT2D eigenvalue weighted by Gasteiger charge is 2.20. The molecule has 3 heteroatoms. The molecule has 0 heterocycles. The maximum Gasteiger partial charge on any atom is 0.320 e.